The van der Waals surface area contributed by atoms with Gasteiger partial charge < -0.3 is 5.32 Å². The predicted octanol–water partition coefficient (Wildman–Crippen LogP) is 3.34. The van der Waals surface area contributed by atoms with Crippen LogP contribution in [0.1, 0.15) is 43.1 Å². The zero-order chi connectivity index (χ0) is 12.2. The smallest absolute Gasteiger partial charge is 0.251 e. The molecule has 0 atom stereocenters. The van der Waals surface area contributed by atoms with Gasteiger partial charge in [0.15, 0.2) is 0 Å². The molecule has 0 aliphatic carbocycles. The van der Waals surface area contributed by atoms with Gasteiger partial charge in [0.25, 0.3) is 5.91 Å². The SMILES string of the molecule is CCC(C)(C)NC(=O)c1cccc(CCl)c1. The van der Waals surface area contributed by atoms with Crippen LogP contribution in [0.25, 0.3) is 0 Å². The van der Waals surface area contributed by atoms with E-state index in [1.54, 1.807) is 6.07 Å². The van der Waals surface area contributed by atoms with Crippen molar-refractivity contribution in [3.63, 3.8) is 0 Å². The van der Waals surface area contributed by atoms with E-state index in [1.807, 2.05) is 32.0 Å². The molecule has 1 aromatic carbocycles. The van der Waals surface area contributed by atoms with Crippen LogP contribution >= 0.6 is 11.6 Å². The van der Waals surface area contributed by atoms with E-state index in [-0.39, 0.29) is 11.4 Å². The van der Waals surface area contributed by atoms with Gasteiger partial charge in [-0.2, -0.15) is 0 Å². The quantitative estimate of drug-likeness (QED) is 0.803. The van der Waals surface area contributed by atoms with Crippen molar-refractivity contribution in [2.75, 3.05) is 0 Å². The summed E-state index contributed by atoms with van der Waals surface area (Å²) in [5.74, 6) is 0.386. The molecule has 2 nitrogen and oxygen atoms in total. The molecule has 0 aliphatic heterocycles. The maximum atomic E-state index is 11.9. The molecule has 0 saturated heterocycles. The molecular formula is C13H18ClNO. The topological polar surface area (TPSA) is 29.1 Å². The van der Waals surface area contributed by atoms with E-state index in [9.17, 15) is 4.79 Å². The Morgan fingerprint density at radius 3 is 2.69 bits per heavy atom. The van der Waals surface area contributed by atoms with Crippen molar-refractivity contribution in [2.24, 2.45) is 0 Å². The summed E-state index contributed by atoms with van der Waals surface area (Å²) in [4.78, 5) is 11.9. The lowest BCUT2D eigenvalue weighted by atomic mass is 10.0. The lowest BCUT2D eigenvalue weighted by Crippen LogP contribution is -2.42. The van der Waals surface area contributed by atoms with Gasteiger partial charge in [-0.1, -0.05) is 19.1 Å². The van der Waals surface area contributed by atoms with Gasteiger partial charge in [-0.25, -0.2) is 0 Å². The Bertz CT molecular complexity index is 374. The van der Waals surface area contributed by atoms with E-state index in [0.29, 0.717) is 11.4 Å². The average molecular weight is 240 g/mol. The summed E-state index contributed by atoms with van der Waals surface area (Å²) in [6, 6.07) is 7.39. The fourth-order valence-corrected chi connectivity index (χ4v) is 1.43. The van der Waals surface area contributed by atoms with Crippen molar-refractivity contribution in [1.82, 2.24) is 5.32 Å². The van der Waals surface area contributed by atoms with Crippen molar-refractivity contribution in [3.8, 4) is 0 Å². The Morgan fingerprint density at radius 1 is 1.44 bits per heavy atom. The third kappa shape index (κ3) is 3.53. The molecule has 16 heavy (non-hydrogen) atoms. The Hall–Kier alpha value is -1.02. The molecule has 1 aromatic rings. The zero-order valence-electron chi connectivity index (χ0n) is 10.0. The molecule has 0 aliphatic rings. The van der Waals surface area contributed by atoms with Crippen LogP contribution in [0, 0.1) is 0 Å². The number of hydrogen-bond acceptors (Lipinski definition) is 1. The zero-order valence-corrected chi connectivity index (χ0v) is 10.8. The maximum absolute atomic E-state index is 11.9. The van der Waals surface area contributed by atoms with E-state index >= 15 is 0 Å². The van der Waals surface area contributed by atoms with Crippen LogP contribution in [0.3, 0.4) is 0 Å². The Kier molecular flexibility index (Phi) is 4.36. The summed E-state index contributed by atoms with van der Waals surface area (Å²) in [5.41, 5.74) is 1.46. The lowest BCUT2D eigenvalue weighted by molar-refractivity contribution is 0.0911. The fourth-order valence-electron chi connectivity index (χ4n) is 1.26. The Labute approximate surface area is 102 Å². The average Bonchev–Trinajstić information content (AvgIpc) is 2.28. The molecule has 88 valence electrons. The minimum atomic E-state index is -0.173. The number of alkyl halides is 1. The summed E-state index contributed by atoms with van der Waals surface area (Å²) in [5, 5.41) is 2.99. The first-order valence-electron chi connectivity index (χ1n) is 5.46. The maximum Gasteiger partial charge on any atom is 0.251 e. The molecular weight excluding hydrogens is 222 g/mol. The van der Waals surface area contributed by atoms with Crippen LogP contribution in [0.15, 0.2) is 24.3 Å². The van der Waals surface area contributed by atoms with E-state index in [2.05, 4.69) is 12.2 Å². The lowest BCUT2D eigenvalue weighted by Gasteiger charge is -2.24. The first-order chi connectivity index (χ1) is 7.48. The van der Waals surface area contributed by atoms with Crippen LogP contribution in [0.2, 0.25) is 0 Å². The number of benzene rings is 1. The van der Waals surface area contributed by atoms with Gasteiger partial charge in [0.2, 0.25) is 0 Å². The highest BCUT2D eigenvalue weighted by Gasteiger charge is 2.18. The molecule has 1 amide bonds. The van der Waals surface area contributed by atoms with Crippen molar-refractivity contribution < 1.29 is 4.79 Å². The second-order valence-corrected chi connectivity index (χ2v) is 4.79. The highest BCUT2D eigenvalue weighted by atomic mass is 35.5. The number of halogens is 1. The molecule has 1 rings (SSSR count). The van der Waals surface area contributed by atoms with Crippen LogP contribution in [-0.2, 0) is 5.88 Å². The van der Waals surface area contributed by atoms with Crippen molar-refractivity contribution >= 4 is 17.5 Å². The minimum absolute atomic E-state index is 0.0428. The number of hydrogen-bond donors (Lipinski definition) is 1. The van der Waals surface area contributed by atoms with Crippen LogP contribution < -0.4 is 5.32 Å². The van der Waals surface area contributed by atoms with Gasteiger partial charge in [0.05, 0.1) is 0 Å². The third-order valence-corrected chi connectivity index (χ3v) is 2.99. The molecule has 0 bridgehead atoms. The summed E-state index contributed by atoms with van der Waals surface area (Å²) in [6.07, 6.45) is 0.897. The first-order valence-corrected chi connectivity index (χ1v) is 5.99. The third-order valence-electron chi connectivity index (χ3n) is 2.68. The Balaban J connectivity index is 2.80. The molecule has 0 saturated carbocycles. The Morgan fingerprint density at radius 2 is 2.12 bits per heavy atom. The van der Waals surface area contributed by atoms with Crippen LogP contribution in [0.4, 0.5) is 0 Å². The monoisotopic (exact) mass is 239 g/mol. The van der Waals surface area contributed by atoms with E-state index in [1.165, 1.54) is 0 Å². The number of nitrogens with one attached hydrogen (secondary N) is 1. The molecule has 0 radical (unpaired) electrons. The molecule has 3 heteroatoms. The van der Waals surface area contributed by atoms with E-state index < -0.39 is 0 Å². The van der Waals surface area contributed by atoms with Crippen LogP contribution in [-0.4, -0.2) is 11.4 Å². The number of carbonyl (C=O) groups is 1. The summed E-state index contributed by atoms with van der Waals surface area (Å²) in [6.45, 7) is 6.07. The number of carbonyl (C=O) groups excluding carboxylic acids is 1. The predicted molar refractivity (Wildman–Crippen MR) is 67.8 cm³/mol. The van der Waals surface area contributed by atoms with Gasteiger partial charge in [-0.05, 0) is 38.0 Å². The van der Waals surface area contributed by atoms with E-state index in [4.69, 9.17) is 11.6 Å². The second-order valence-electron chi connectivity index (χ2n) is 4.53. The normalized spacial score (nSPS) is 11.2. The highest BCUT2D eigenvalue weighted by molar-refractivity contribution is 6.17. The van der Waals surface area contributed by atoms with Gasteiger partial charge in [0, 0.05) is 17.0 Å². The van der Waals surface area contributed by atoms with Crippen molar-refractivity contribution in [3.05, 3.63) is 35.4 Å². The largest absolute Gasteiger partial charge is 0.347 e. The van der Waals surface area contributed by atoms with Gasteiger partial charge in [-0.3, -0.25) is 4.79 Å². The molecule has 0 unspecified atom stereocenters. The van der Waals surface area contributed by atoms with Crippen LogP contribution in [0.5, 0.6) is 0 Å². The minimum Gasteiger partial charge on any atom is -0.347 e. The first kappa shape index (κ1) is 13.0. The highest BCUT2D eigenvalue weighted by Crippen LogP contribution is 2.11. The number of amides is 1. The molecule has 0 spiro atoms. The van der Waals surface area contributed by atoms with Crippen molar-refractivity contribution in [2.45, 2.75) is 38.6 Å². The van der Waals surface area contributed by atoms with Crippen molar-refractivity contribution in [1.29, 1.82) is 0 Å². The molecule has 0 aromatic heterocycles. The summed E-state index contributed by atoms with van der Waals surface area (Å²) < 4.78 is 0. The van der Waals surface area contributed by atoms with E-state index in [0.717, 1.165) is 12.0 Å². The van der Waals surface area contributed by atoms with Gasteiger partial charge in [-0.15, -0.1) is 11.6 Å². The molecule has 0 fully saturated rings. The second kappa shape index (κ2) is 5.35. The number of rotatable bonds is 4. The molecule has 1 N–H and O–H groups in total. The summed E-state index contributed by atoms with van der Waals surface area (Å²) in [7, 11) is 0. The fraction of sp³-hybridized carbons (Fsp3) is 0.462. The summed E-state index contributed by atoms with van der Waals surface area (Å²) >= 11 is 5.73. The standard InChI is InChI=1S/C13H18ClNO/c1-4-13(2,3)15-12(16)11-7-5-6-10(8-11)9-14/h5-8H,4,9H2,1-3H3,(H,15,16). The molecule has 0 heterocycles. The van der Waals surface area contributed by atoms with Gasteiger partial charge >= 0.3 is 0 Å². The van der Waals surface area contributed by atoms with Gasteiger partial charge in [0.1, 0.15) is 0 Å².